The first-order valence-electron chi connectivity index (χ1n) is 14.6. The van der Waals surface area contributed by atoms with E-state index in [9.17, 15) is 52.1 Å². The van der Waals surface area contributed by atoms with Crippen LogP contribution in [0.2, 0.25) is 0 Å². The Kier molecular flexibility index (Phi) is 12.3. The van der Waals surface area contributed by atoms with Gasteiger partial charge in [-0.05, 0) is 56.8 Å². The number of nitrogens with one attached hydrogen (secondary N) is 2. The summed E-state index contributed by atoms with van der Waals surface area (Å²) in [5, 5.41) is 41.5. The molecular formula is C27H33BF3N5O12. The van der Waals surface area contributed by atoms with Gasteiger partial charge in [-0.15, -0.1) is 0 Å². The number of imide groups is 1. The van der Waals surface area contributed by atoms with Crippen molar-refractivity contribution in [2.24, 2.45) is 5.92 Å². The Bertz CT molecular complexity index is 1440. The summed E-state index contributed by atoms with van der Waals surface area (Å²) in [5.41, 5.74) is 0.327. The van der Waals surface area contributed by atoms with Crippen molar-refractivity contribution in [1.82, 2.24) is 25.3 Å². The summed E-state index contributed by atoms with van der Waals surface area (Å²) in [6.45, 7) is 2.66. The Morgan fingerprint density at radius 1 is 1.02 bits per heavy atom. The van der Waals surface area contributed by atoms with E-state index < -0.39 is 72.9 Å². The number of fused-ring (bicyclic) bond motifs is 1. The number of piperazine rings is 1. The predicted molar refractivity (Wildman–Crippen MR) is 154 cm³/mol. The first-order valence-corrected chi connectivity index (χ1v) is 14.6. The van der Waals surface area contributed by atoms with Gasteiger partial charge in [0.1, 0.15) is 11.8 Å². The van der Waals surface area contributed by atoms with Crippen LogP contribution in [-0.2, 0) is 30.4 Å². The van der Waals surface area contributed by atoms with Crippen LogP contribution in [0.15, 0.2) is 18.2 Å². The van der Waals surface area contributed by atoms with Gasteiger partial charge in [0, 0.05) is 19.6 Å². The number of aliphatic carboxylic acids is 2. The lowest BCUT2D eigenvalue weighted by Gasteiger charge is -2.37. The van der Waals surface area contributed by atoms with E-state index in [1.54, 1.807) is 17.9 Å². The molecule has 6 N–H and O–H groups in total. The van der Waals surface area contributed by atoms with Gasteiger partial charge in [0.2, 0.25) is 5.91 Å². The van der Waals surface area contributed by atoms with Crippen molar-refractivity contribution in [2.45, 2.75) is 44.3 Å². The first kappa shape index (κ1) is 37.5. The van der Waals surface area contributed by atoms with Crippen molar-refractivity contribution in [1.29, 1.82) is 0 Å². The van der Waals surface area contributed by atoms with Crippen LogP contribution >= 0.6 is 0 Å². The van der Waals surface area contributed by atoms with Crippen molar-refractivity contribution in [3.8, 4) is 5.75 Å². The van der Waals surface area contributed by atoms with Gasteiger partial charge < -0.3 is 40.5 Å². The Labute approximate surface area is 270 Å². The van der Waals surface area contributed by atoms with Crippen LogP contribution in [0.1, 0.15) is 35.7 Å². The number of carbonyl (C=O) groups excluding carboxylic acids is 4. The number of amides is 5. The number of hydrogen-bond acceptors (Lipinski definition) is 10. The molecule has 3 aliphatic heterocycles. The fourth-order valence-electron chi connectivity index (χ4n) is 5.40. The molecule has 17 nitrogen and oxygen atoms in total. The molecule has 2 saturated heterocycles. The molecule has 0 aromatic heterocycles. The molecule has 4 rings (SSSR count). The Morgan fingerprint density at radius 3 is 2.19 bits per heavy atom. The lowest BCUT2D eigenvalue weighted by Crippen LogP contribution is -2.63. The molecule has 21 heteroatoms. The number of alkyl halides is 3. The van der Waals surface area contributed by atoms with Crippen molar-refractivity contribution in [3.05, 3.63) is 29.3 Å². The fraction of sp³-hybridized carbons (Fsp3) is 0.519. The maximum Gasteiger partial charge on any atom is 0.547 e. The molecule has 0 saturated carbocycles. The van der Waals surface area contributed by atoms with E-state index in [1.807, 2.05) is 0 Å². The van der Waals surface area contributed by atoms with Crippen molar-refractivity contribution in [2.75, 3.05) is 39.3 Å². The van der Waals surface area contributed by atoms with Gasteiger partial charge in [0.05, 0.1) is 18.0 Å². The van der Waals surface area contributed by atoms with E-state index in [4.69, 9.17) is 19.7 Å². The van der Waals surface area contributed by atoms with Gasteiger partial charge in [0.25, 0.3) is 0 Å². The van der Waals surface area contributed by atoms with Gasteiger partial charge in [-0.1, -0.05) is 12.1 Å². The molecule has 3 aliphatic rings. The van der Waals surface area contributed by atoms with E-state index in [-0.39, 0.29) is 37.4 Å². The number of likely N-dealkylation sites (tertiary alicyclic amines) is 1. The quantitative estimate of drug-likeness (QED) is 0.142. The van der Waals surface area contributed by atoms with Crippen molar-refractivity contribution < 1.29 is 71.7 Å². The number of aromatic carboxylic acids is 1. The summed E-state index contributed by atoms with van der Waals surface area (Å²) in [7, 11) is -1.58. The first-order chi connectivity index (χ1) is 22.4. The second-order valence-corrected chi connectivity index (χ2v) is 11.0. The molecule has 0 aliphatic carbocycles. The number of piperidine rings is 1. The molecule has 2 atom stereocenters. The molecule has 2 fully saturated rings. The molecule has 3 heterocycles. The summed E-state index contributed by atoms with van der Waals surface area (Å²) < 4.78 is 37.2. The van der Waals surface area contributed by atoms with Crippen molar-refractivity contribution in [3.63, 3.8) is 0 Å². The van der Waals surface area contributed by atoms with Gasteiger partial charge in [-0.25, -0.2) is 14.4 Å². The number of rotatable bonds is 8. The minimum absolute atomic E-state index is 0.00283. The van der Waals surface area contributed by atoms with Gasteiger partial charge >= 0.3 is 49.0 Å². The molecule has 262 valence electrons. The molecule has 1 aromatic carbocycles. The predicted octanol–water partition coefficient (Wildman–Crippen LogP) is -0.977. The smallest absolute Gasteiger partial charge is 0.534 e. The topological polar surface area (TPSA) is 243 Å². The highest BCUT2D eigenvalue weighted by atomic mass is 19.4. The van der Waals surface area contributed by atoms with Crippen LogP contribution in [0.4, 0.5) is 18.0 Å². The molecular weight excluding hydrogens is 654 g/mol. The number of carboxylic acid groups (broad SMARTS) is 3. The second kappa shape index (κ2) is 15.8. The average molecular weight is 687 g/mol. The number of carboxylic acids is 3. The molecule has 1 aromatic rings. The van der Waals surface area contributed by atoms with Crippen LogP contribution in [0.3, 0.4) is 0 Å². The third kappa shape index (κ3) is 9.34. The lowest BCUT2D eigenvalue weighted by atomic mass is 9.72. The number of hydrogen-bond donors (Lipinski definition) is 6. The summed E-state index contributed by atoms with van der Waals surface area (Å²) >= 11 is 0. The van der Waals surface area contributed by atoms with Crippen LogP contribution in [0, 0.1) is 5.92 Å². The number of likely N-dealkylation sites (N-methyl/N-ethyl adjacent to an activating group) is 1. The largest absolute Gasteiger partial charge is 0.547 e. The number of urea groups is 1. The maximum absolute atomic E-state index is 13.6. The van der Waals surface area contributed by atoms with E-state index >= 15 is 0 Å². The van der Waals surface area contributed by atoms with E-state index in [0.717, 1.165) is 4.90 Å². The summed E-state index contributed by atoms with van der Waals surface area (Å²) in [5.74, 6) is -8.91. The summed E-state index contributed by atoms with van der Waals surface area (Å²) in [6, 6.07) is 2.38. The number of nitrogens with zero attached hydrogens (tertiary/aromatic N) is 3. The Balaban J connectivity index is 0.000000804. The second-order valence-electron chi connectivity index (χ2n) is 11.0. The van der Waals surface area contributed by atoms with Gasteiger partial charge in [-0.3, -0.25) is 29.0 Å². The fourth-order valence-corrected chi connectivity index (χ4v) is 5.40. The van der Waals surface area contributed by atoms with E-state index in [1.165, 1.54) is 17.0 Å². The standard InChI is InChI=1S/C25H32BN5O10.C2HF3O2/c1-2-30-10-11-31(23(36)22(30)35)25(39)28-19(14-6-8-29(9-7-14)13-18(32)33)21(34)27-17-12-15-4-3-5-16(24(37)38)20(15)41-26(17)40;3-2(4,5)1(6)7/h3-5,14,17,19,40H,2,6-13H2,1H3,(H,27,34)(H,28,39)(H,32,33)(H,37,38);(H,6,7)/t17-,19?;/m0./s1. The maximum atomic E-state index is 13.6. The highest BCUT2D eigenvalue weighted by Gasteiger charge is 2.43. The molecule has 0 radical (unpaired) electrons. The highest BCUT2D eigenvalue weighted by Crippen LogP contribution is 2.30. The molecule has 0 spiro atoms. The van der Waals surface area contributed by atoms with E-state index in [2.05, 4.69) is 10.6 Å². The monoisotopic (exact) mass is 687 g/mol. The number of benzene rings is 1. The minimum atomic E-state index is -5.08. The molecule has 48 heavy (non-hydrogen) atoms. The molecule has 5 amide bonds. The van der Waals surface area contributed by atoms with Gasteiger partial charge in [-0.2, -0.15) is 13.2 Å². The van der Waals surface area contributed by atoms with Gasteiger partial charge in [0.15, 0.2) is 0 Å². The zero-order chi connectivity index (χ0) is 35.9. The summed E-state index contributed by atoms with van der Waals surface area (Å²) in [4.78, 5) is 87.0. The summed E-state index contributed by atoms with van der Waals surface area (Å²) in [6.07, 6.45) is -4.32. The lowest BCUT2D eigenvalue weighted by molar-refractivity contribution is -0.192. The zero-order valence-corrected chi connectivity index (χ0v) is 25.4. The van der Waals surface area contributed by atoms with E-state index in [0.29, 0.717) is 38.0 Å². The van der Waals surface area contributed by atoms with Crippen molar-refractivity contribution >= 4 is 48.8 Å². The number of para-hydroxylation sites is 1. The Morgan fingerprint density at radius 2 is 1.65 bits per heavy atom. The third-order valence-electron chi connectivity index (χ3n) is 7.88. The molecule has 1 unspecified atom stereocenters. The number of carbonyl (C=O) groups is 7. The zero-order valence-electron chi connectivity index (χ0n) is 25.4. The third-order valence-corrected chi connectivity index (χ3v) is 7.88. The normalized spacial score (nSPS) is 19.3. The SMILES string of the molecule is CCN1CCN(C(=O)NC(C(=O)N[C@H]2Cc3cccc(C(=O)O)c3OB2O)C2CCN(CC(=O)O)CC2)C(=O)C1=O.O=C(O)C(F)(F)F. The van der Waals surface area contributed by atoms with Crippen LogP contribution in [0.5, 0.6) is 5.75 Å². The molecule has 0 bridgehead atoms. The number of halogens is 3. The Hall–Kier alpha value is -4.92. The highest BCUT2D eigenvalue weighted by molar-refractivity contribution is 6.47. The van der Waals surface area contributed by atoms with Crippen LogP contribution in [0.25, 0.3) is 0 Å². The minimum Gasteiger partial charge on any atom is -0.534 e. The van der Waals surface area contributed by atoms with Crippen LogP contribution in [-0.4, -0.2) is 141 Å². The average Bonchev–Trinajstić information content (AvgIpc) is 3.01. The van der Waals surface area contributed by atoms with Crippen LogP contribution < -0.4 is 15.3 Å².